The van der Waals surface area contributed by atoms with E-state index in [4.69, 9.17) is 14.2 Å². The molecular formula is C24H32O7. The van der Waals surface area contributed by atoms with E-state index in [0.717, 1.165) is 6.42 Å². The van der Waals surface area contributed by atoms with Gasteiger partial charge < -0.3 is 24.4 Å². The minimum atomic E-state index is -1.07. The number of ether oxygens (including phenoxy) is 3. The predicted molar refractivity (Wildman–Crippen MR) is 114 cm³/mol. The van der Waals surface area contributed by atoms with Crippen LogP contribution in [0.25, 0.3) is 0 Å². The molecule has 2 aliphatic rings. The van der Waals surface area contributed by atoms with Crippen LogP contribution in [0.4, 0.5) is 0 Å². The summed E-state index contributed by atoms with van der Waals surface area (Å²) in [4.78, 5) is 23.2. The monoisotopic (exact) mass is 432 g/mol. The molecule has 31 heavy (non-hydrogen) atoms. The summed E-state index contributed by atoms with van der Waals surface area (Å²) in [6.45, 7) is 9.04. The van der Waals surface area contributed by atoms with Gasteiger partial charge in [0.15, 0.2) is 12.2 Å². The van der Waals surface area contributed by atoms with Crippen molar-refractivity contribution in [2.45, 2.75) is 89.8 Å². The number of fused-ring (bicyclic) bond motifs is 1. The van der Waals surface area contributed by atoms with Gasteiger partial charge in [-0.1, -0.05) is 11.6 Å². The summed E-state index contributed by atoms with van der Waals surface area (Å²) in [5.74, 6) is -1.08. The molecule has 3 rings (SSSR count). The number of carbonyl (C=O) groups is 2. The molecule has 5 atom stereocenters. The molecule has 2 N–H and O–H groups in total. The summed E-state index contributed by atoms with van der Waals surface area (Å²) in [5, 5.41) is 20.4. The van der Waals surface area contributed by atoms with Crippen molar-refractivity contribution in [1.82, 2.24) is 0 Å². The number of esters is 1. The summed E-state index contributed by atoms with van der Waals surface area (Å²) in [6.07, 6.45) is 2.85. The Balaban J connectivity index is 1.82. The zero-order valence-corrected chi connectivity index (χ0v) is 18.8. The second kappa shape index (κ2) is 8.63. The average molecular weight is 433 g/mol. The molecule has 2 heterocycles. The topological polar surface area (TPSA) is 102 Å². The van der Waals surface area contributed by atoms with Gasteiger partial charge >= 0.3 is 11.9 Å². The van der Waals surface area contributed by atoms with Crippen molar-refractivity contribution in [2.24, 2.45) is 0 Å². The maximum atomic E-state index is 11.8. The quantitative estimate of drug-likeness (QED) is 0.492. The lowest BCUT2D eigenvalue weighted by Crippen LogP contribution is -2.48. The fourth-order valence-corrected chi connectivity index (χ4v) is 4.44. The minimum absolute atomic E-state index is 0.0951. The molecule has 1 aromatic carbocycles. The Morgan fingerprint density at radius 1 is 1.32 bits per heavy atom. The van der Waals surface area contributed by atoms with Crippen LogP contribution in [0, 0.1) is 0 Å². The van der Waals surface area contributed by atoms with Gasteiger partial charge in [-0.3, -0.25) is 4.79 Å². The highest BCUT2D eigenvalue weighted by Gasteiger charge is 2.55. The fraction of sp³-hybridized carbons (Fsp3) is 0.583. The van der Waals surface area contributed by atoms with Gasteiger partial charge in [0, 0.05) is 12.5 Å². The number of aliphatic hydroxyl groups is 1. The number of allylic oxidation sites excluding steroid dienone is 2. The van der Waals surface area contributed by atoms with Gasteiger partial charge in [-0.15, -0.1) is 0 Å². The molecule has 0 spiro atoms. The summed E-state index contributed by atoms with van der Waals surface area (Å²) in [6, 6.07) is 4.53. The number of carboxylic acid groups (broad SMARTS) is 1. The second-order valence-corrected chi connectivity index (χ2v) is 9.26. The average Bonchev–Trinajstić information content (AvgIpc) is 3.23. The summed E-state index contributed by atoms with van der Waals surface area (Å²) < 4.78 is 18.1. The van der Waals surface area contributed by atoms with E-state index in [2.05, 4.69) is 6.08 Å². The van der Waals surface area contributed by atoms with E-state index < -0.39 is 35.3 Å². The largest absolute Gasteiger partial charge is 0.483 e. The van der Waals surface area contributed by atoms with Crippen molar-refractivity contribution in [3.8, 4) is 5.75 Å². The fourth-order valence-electron chi connectivity index (χ4n) is 4.44. The lowest BCUT2D eigenvalue weighted by molar-refractivity contribution is -0.179. The van der Waals surface area contributed by atoms with E-state index in [9.17, 15) is 19.8 Å². The van der Waals surface area contributed by atoms with Crippen LogP contribution >= 0.6 is 0 Å². The van der Waals surface area contributed by atoms with Crippen molar-refractivity contribution in [3.05, 3.63) is 41.0 Å². The van der Waals surface area contributed by atoms with Crippen LogP contribution < -0.4 is 4.74 Å². The predicted octanol–water partition coefficient (Wildman–Crippen LogP) is 4.19. The number of carboxylic acids is 1. The molecule has 0 aliphatic carbocycles. The van der Waals surface area contributed by atoms with Crippen molar-refractivity contribution in [3.63, 3.8) is 0 Å². The van der Waals surface area contributed by atoms with E-state index in [1.54, 1.807) is 13.0 Å². The van der Waals surface area contributed by atoms with Crippen LogP contribution in [0.3, 0.4) is 0 Å². The van der Waals surface area contributed by atoms with Crippen LogP contribution in [0.2, 0.25) is 0 Å². The molecule has 0 aromatic heterocycles. The molecule has 1 aromatic rings. The summed E-state index contributed by atoms with van der Waals surface area (Å²) in [5.41, 5.74) is -0.00697. The van der Waals surface area contributed by atoms with Crippen LogP contribution in [-0.2, 0) is 14.3 Å². The van der Waals surface area contributed by atoms with Gasteiger partial charge in [-0.25, -0.2) is 4.79 Å². The number of aromatic carboxylic acids is 1. The molecule has 2 aliphatic heterocycles. The Labute approximate surface area is 183 Å². The van der Waals surface area contributed by atoms with Gasteiger partial charge in [0.1, 0.15) is 11.4 Å². The van der Waals surface area contributed by atoms with Crippen molar-refractivity contribution >= 4 is 11.9 Å². The zero-order chi connectivity index (χ0) is 23.0. The molecule has 7 nitrogen and oxygen atoms in total. The zero-order valence-electron chi connectivity index (χ0n) is 18.8. The Kier molecular flexibility index (Phi) is 6.48. The highest BCUT2D eigenvalue weighted by Crippen LogP contribution is 2.49. The third-order valence-electron chi connectivity index (χ3n) is 6.20. The summed E-state index contributed by atoms with van der Waals surface area (Å²) >= 11 is 0. The first-order valence-corrected chi connectivity index (χ1v) is 10.7. The highest BCUT2D eigenvalue weighted by molar-refractivity contribution is 5.88. The molecule has 170 valence electrons. The van der Waals surface area contributed by atoms with E-state index in [0.29, 0.717) is 30.6 Å². The van der Waals surface area contributed by atoms with E-state index in [1.165, 1.54) is 24.6 Å². The standard InChI is InChI=1S/C24H32O7/c1-14(2)7-6-11-23(4,28)19-10-12-24(5,31-19)21-20(29-15(3)25)17-13-16(22(26)27)8-9-18(17)30-21/h7-9,13,19-21,28H,6,10-12H2,1-5H3,(H,26,27)/t19?,20-,21+,23?,24?/m0/s1. The van der Waals surface area contributed by atoms with Crippen molar-refractivity contribution in [1.29, 1.82) is 0 Å². The Bertz CT molecular complexity index is 884. The minimum Gasteiger partial charge on any atom is -0.483 e. The van der Waals surface area contributed by atoms with E-state index in [-0.39, 0.29) is 11.7 Å². The number of rotatable bonds is 7. The molecule has 0 radical (unpaired) electrons. The van der Waals surface area contributed by atoms with Gasteiger partial charge in [0.05, 0.1) is 17.3 Å². The maximum absolute atomic E-state index is 11.8. The van der Waals surface area contributed by atoms with Crippen molar-refractivity contribution in [2.75, 3.05) is 0 Å². The Hall–Kier alpha value is -2.38. The molecule has 1 fully saturated rings. The van der Waals surface area contributed by atoms with E-state index >= 15 is 0 Å². The highest BCUT2D eigenvalue weighted by atomic mass is 16.6. The molecular weight excluding hydrogens is 400 g/mol. The Morgan fingerprint density at radius 3 is 2.65 bits per heavy atom. The lowest BCUT2D eigenvalue weighted by Gasteiger charge is -2.36. The van der Waals surface area contributed by atoms with Gasteiger partial charge in [-0.05, 0) is 71.6 Å². The molecule has 0 saturated carbocycles. The number of benzene rings is 1. The number of hydrogen-bond donors (Lipinski definition) is 2. The molecule has 0 bridgehead atoms. The first kappa shape index (κ1) is 23.3. The van der Waals surface area contributed by atoms with E-state index in [1.807, 2.05) is 20.8 Å². The van der Waals surface area contributed by atoms with Crippen LogP contribution in [0.5, 0.6) is 5.75 Å². The van der Waals surface area contributed by atoms with Crippen LogP contribution in [-0.4, -0.2) is 45.6 Å². The molecule has 0 amide bonds. The first-order chi connectivity index (χ1) is 14.4. The second-order valence-electron chi connectivity index (χ2n) is 9.26. The lowest BCUT2D eigenvalue weighted by atomic mass is 9.88. The van der Waals surface area contributed by atoms with Crippen LogP contribution in [0.1, 0.15) is 82.3 Å². The van der Waals surface area contributed by atoms with Crippen molar-refractivity contribution < 1.29 is 34.0 Å². The third kappa shape index (κ3) is 4.93. The Morgan fingerprint density at radius 2 is 2.03 bits per heavy atom. The van der Waals surface area contributed by atoms with Gasteiger partial charge in [0.25, 0.3) is 0 Å². The SMILES string of the molecule is CC(=O)O[C@H]1c2cc(C(=O)O)ccc2O[C@H]1C1(C)CCC(C(C)(O)CCC=C(C)C)O1. The number of hydrogen-bond acceptors (Lipinski definition) is 6. The molecule has 1 saturated heterocycles. The van der Waals surface area contributed by atoms with Gasteiger partial charge in [-0.2, -0.15) is 0 Å². The van der Waals surface area contributed by atoms with Crippen LogP contribution in [0.15, 0.2) is 29.8 Å². The summed E-state index contributed by atoms with van der Waals surface area (Å²) in [7, 11) is 0. The first-order valence-electron chi connectivity index (χ1n) is 10.7. The smallest absolute Gasteiger partial charge is 0.335 e. The number of carbonyl (C=O) groups excluding carboxylic acids is 1. The molecule has 3 unspecified atom stereocenters. The third-order valence-corrected chi connectivity index (χ3v) is 6.20. The maximum Gasteiger partial charge on any atom is 0.335 e. The normalized spacial score (nSPS) is 28.9. The molecule has 7 heteroatoms. The van der Waals surface area contributed by atoms with Gasteiger partial charge in [0.2, 0.25) is 0 Å².